The van der Waals surface area contributed by atoms with Gasteiger partial charge in [-0.1, -0.05) is 27.2 Å². The van der Waals surface area contributed by atoms with Crippen molar-refractivity contribution in [3.05, 3.63) is 0 Å². The topological polar surface area (TPSA) is 35.8 Å². The van der Waals surface area contributed by atoms with Crippen LogP contribution in [0.15, 0.2) is 0 Å². The number of rotatable bonds is 3. The molecular weight excluding hydrogens is 160 g/mol. The van der Waals surface area contributed by atoms with Crippen LogP contribution in [0.3, 0.4) is 0 Å². The average molecular weight is 180 g/mol. The summed E-state index contributed by atoms with van der Waals surface area (Å²) in [7, 11) is 0. The van der Waals surface area contributed by atoms with Crippen LogP contribution in [0.4, 0.5) is 0 Å². The Morgan fingerprint density at radius 2 is 2.00 bits per heavy atom. The fourth-order valence-electron chi connectivity index (χ4n) is 1.61. The Labute approximate surface area is 81.3 Å². The molecule has 1 aliphatic rings. The Balaban J connectivity index is 2.23. The van der Waals surface area contributed by atoms with Crippen molar-refractivity contribution in [3.8, 4) is 6.07 Å². The molecule has 0 amide bonds. The van der Waals surface area contributed by atoms with Gasteiger partial charge in [-0.25, -0.2) is 0 Å². The van der Waals surface area contributed by atoms with Crippen molar-refractivity contribution in [1.82, 2.24) is 5.32 Å². The zero-order valence-corrected chi connectivity index (χ0v) is 8.98. The first-order valence-corrected chi connectivity index (χ1v) is 5.09. The molecule has 0 heterocycles. The molecule has 1 saturated carbocycles. The Morgan fingerprint density at radius 3 is 2.31 bits per heavy atom. The smallest absolute Gasteiger partial charge is 0.0703 e. The van der Waals surface area contributed by atoms with E-state index in [0.29, 0.717) is 5.41 Å². The number of nitrogens with zero attached hydrogens (tertiary/aromatic N) is 1. The fourth-order valence-corrected chi connectivity index (χ4v) is 1.61. The molecule has 1 aliphatic carbocycles. The third kappa shape index (κ3) is 3.00. The summed E-state index contributed by atoms with van der Waals surface area (Å²) in [6, 6.07) is 2.44. The Bertz CT molecular complexity index is 203. The van der Waals surface area contributed by atoms with Gasteiger partial charge in [0.15, 0.2) is 0 Å². The Morgan fingerprint density at radius 1 is 1.38 bits per heavy atom. The lowest BCUT2D eigenvalue weighted by atomic mass is 9.70. The van der Waals surface area contributed by atoms with Gasteiger partial charge in [0.1, 0.15) is 0 Å². The molecule has 13 heavy (non-hydrogen) atoms. The highest BCUT2D eigenvalue weighted by Gasteiger charge is 2.36. The first-order chi connectivity index (χ1) is 5.97. The first kappa shape index (κ1) is 10.5. The standard InChI is InChI=1S/C11H20N2/c1-10(2,3)8-13-9-11(7-12)5-4-6-11/h13H,4-6,8-9H2,1-3H3. The maximum absolute atomic E-state index is 8.98. The van der Waals surface area contributed by atoms with Gasteiger partial charge in [0.25, 0.3) is 0 Å². The summed E-state index contributed by atoms with van der Waals surface area (Å²) in [5.41, 5.74) is 0.297. The van der Waals surface area contributed by atoms with Crippen molar-refractivity contribution < 1.29 is 0 Å². The van der Waals surface area contributed by atoms with E-state index >= 15 is 0 Å². The van der Waals surface area contributed by atoms with Crippen LogP contribution < -0.4 is 5.32 Å². The van der Waals surface area contributed by atoms with Crippen molar-refractivity contribution in [1.29, 1.82) is 5.26 Å². The van der Waals surface area contributed by atoms with Gasteiger partial charge in [0.05, 0.1) is 11.5 Å². The van der Waals surface area contributed by atoms with Crippen molar-refractivity contribution >= 4 is 0 Å². The minimum absolute atomic E-state index is 0.0226. The first-order valence-electron chi connectivity index (χ1n) is 5.09. The van der Waals surface area contributed by atoms with Crippen LogP contribution in [0.5, 0.6) is 0 Å². The molecule has 0 spiro atoms. The van der Waals surface area contributed by atoms with Crippen molar-refractivity contribution in [2.75, 3.05) is 13.1 Å². The summed E-state index contributed by atoms with van der Waals surface area (Å²) in [5, 5.41) is 12.4. The minimum Gasteiger partial charge on any atom is -0.315 e. The van der Waals surface area contributed by atoms with Crippen LogP contribution in [0.1, 0.15) is 40.0 Å². The minimum atomic E-state index is -0.0226. The van der Waals surface area contributed by atoms with Gasteiger partial charge >= 0.3 is 0 Å². The van der Waals surface area contributed by atoms with Crippen LogP contribution in [-0.4, -0.2) is 13.1 Å². The van der Waals surface area contributed by atoms with Gasteiger partial charge in [-0.05, 0) is 18.3 Å². The largest absolute Gasteiger partial charge is 0.315 e. The van der Waals surface area contributed by atoms with Crippen LogP contribution in [0.2, 0.25) is 0 Å². The van der Waals surface area contributed by atoms with Crippen molar-refractivity contribution in [2.45, 2.75) is 40.0 Å². The maximum atomic E-state index is 8.98. The summed E-state index contributed by atoms with van der Waals surface area (Å²) < 4.78 is 0. The van der Waals surface area contributed by atoms with Gasteiger partial charge in [0, 0.05) is 13.1 Å². The zero-order chi connectivity index (χ0) is 9.95. The lowest BCUT2D eigenvalue weighted by Gasteiger charge is -2.36. The molecule has 0 saturated heterocycles. The zero-order valence-electron chi connectivity index (χ0n) is 8.98. The predicted octanol–water partition coefficient (Wildman–Crippen LogP) is 2.32. The second-order valence-corrected chi connectivity index (χ2v) is 5.41. The molecule has 0 atom stereocenters. The third-order valence-electron chi connectivity index (χ3n) is 2.67. The van der Waals surface area contributed by atoms with E-state index in [9.17, 15) is 0 Å². The quantitative estimate of drug-likeness (QED) is 0.723. The maximum Gasteiger partial charge on any atom is 0.0703 e. The molecule has 0 unspecified atom stereocenters. The lowest BCUT2D eigenvalue weighted by Crippen LogP contribution is -2.41. The molecule has 0 aromatic carbocycles. The predicted molar refractivity (Wildman–Crippen MR) is 54.2 cm³/mol. The van der Waals surface area contributed by atoms with Crippen LogP contribution in [0.25, 0.3) is 0 Å². The molecule has 2 heteroatoms. The average Bonchev–Trinajstić information content (AvgIpc) is 1.92. The van der Waals surface area contributed by atoms with Gasteiger partial charge in [-0.2, -0.15) is 5.26 Å². The molecule has 0 bridgehead atoms. The third-order valence-corrected chi connectivity index (χ3v) is 2.67. The number of nitriles is 1. The molecule has 0 aliphatic heterocycles. The highest BCUT2D eigenvalue weighted by atomic mass is 14.9. The highest BCUT2D eigenvalue weighted by molar-refractivity contribution is 5.05. The Kier molecular flexibility index (Phi) is 2.98. The van der Waals surface area contributed by atoms with Gasteiger partial charge in [0.2, 0.25) is 0 Å². The highest BCUT2D eigenvalue weighted by Crippen LogP contribution is 2.39. The van der Waals surface area contributed by atoms with Crippen LogP contribution in [0, 0.1) is 22.2 Å². The normalized spacial score (nSPS) is 20.5. The van der Waals surface area contributed by atoms with E-state index in [1.54, 1.807) is 0 Å². The molecular formula is C11H20N2. The van der Waals surface area contributed by atoms with E-state index in [2.05, 4.69) is 32.2 Å². The van der Waals surface area contributed by atoms with E-state index in [-0.39, 0.29) is 5.41 Å². The molecule has 0 aromatic heterocycles. The number of nitrogens with one attached hydrogen (secondary N) is 1. The number of hydrogen-bond acceptors (Lipinski definition) is 2. The van der Waals surface area contributed by atoms with E-state index in [4.69, 9.17) is 5.26 Å². The van der Waals surface area contributed by atoms with E-state index in [1.807, 2.05) is 0 Å². The SMILES string of the molecule is CC(C)(C)CNCC1(C#N)CCC1. The van der Waals surface area contributed by atoms with E-state index < -0.39 is 0 Å². The summed E-state index contributed by atoms with van der Waals surface area (Å²) in [4.78, 5) is 0. The van der Waals surface area contributed by atoms with Crippen LogP contribution >= 0.6 is 0 Å². The second-order valence-electron chi connectivity index (χ2n) is 5.41. The van der Waals surface area contributed by atoms with Gasteiger partial charge in [-0.15, -0.1) is 0 Å². The van der Waals surface area contributed by atoms with Gasteiger partial charge < -0.3 is 5.32 Å². The second kappa shape index (κ2) is 3.67. The molecule has 1 fully saturated rings. The fraction of sp³-hybridized carbons (Fsp3) is 0.909. The molecule has 1 rings (SSSR count). The number of hydrogen-bond donors (Lipinski definition) is 1. The summed E-state index contributed by atoms with van der Waals surface area (Å²) >= 11 is 0. The van der Waals surface area contributed by atoms with Crippen molar-refractivity contribution in [2.24, 2.45) is 10.8 Å². The van der Waals surface area contributed by atoms with E-state index in [1.165, 1.54) is 6.42 Å². The summed E-state index contributed by atoms with van der Waals surface area (Å²) in [5.74, 6) is 0. The monoisotopic (exact) mass is 180 g/mol. The van der Waals surface area contributed by atoms with E-state index in [0.717, 1.165) is 25.9 Å². The molecule has 2 nitrogen and oxygen atoms in total. The molecule has 74 valence electrons. The summed E-state index contributed by atoms with van der Waals surface area (Å²) in [6.07, 6.45) is 3.39. The lowest BCUT2D eigenvalue weighted by molar-refractivity contribution is 0.198. The van der Waals surface area contributed by atoms with Crippen molar-refractivity contribution in [3.63, 3.8) is 0 Å². The Hall–Kier alpha value is -0.550. The van der Waals surface area contributed by atoms with Crippen LogP contribution in [-0.2, 0) is 0 Å². The molecule has 0 radical (unpaired) electrons. The van der Waals surface area contributed by atoms with Gasteiger partial charge in [-0.3, -0.25) is 0 Å². The summed E-state index contributed by atoms with van der Waals surface area (Å²) in [6.45, 7) is 8.50. The molecule has 1 N–H and O–H groups in total. The molecule has 0 aromatic rings.